The highest BCUT2D eigenvalue weighted by Crippen LogP contribution is 2.33. The normalized spacial score (nSPS) is 27.0. The number of allylic oxidation sites excluding steroid dienone is 3. The van der Waals surface area contributed by atoms with Crippen molar-refractivity contribution in [2.45, 2.75) is 439 Å². The third-order valence-corrected chi connectivity index (χ3v) is 20.3. The molecule has 19 heteroatoms. The molecule has 1 amide bonds. The maximum Gasteiger partial charge on any atom is 0.220 e. The van der Waals surface area contributed by atoms with Gasteiger partial charge in [0.25, 0.3) is 0 Å². The van der Waals surface area contributed by atoms with Gasteiger partial charge >= 0.3 is 0 Å². The Morgan fingerprint density at radius 3 is 1.03 bits per heavy atom. The molecule has 0 aliphatic carbocycles. The summed E-state index contributed by atoms with van der Waals surface area (Å²) in [4.78, 5) is 13.5. The minimum atomic E-state index is -1.98. The lowest BCUT2D eigenvalue weighted by Crippen LogP contribution is -2.66. The van der Waals surface area contributed by atoms with Gasteiger partial charge in [-0.1, -0.05) is 321 Å². The fraction of sp³-hybridized carbons (Fsp3) is 0.936. The number of aliphatic hydroxyl groups is 11. The summed E-state index contributed by atoms with van der Waals surface area (Å²) in [7, 11) is 0. The van der Waals surface area contributed by atoms with Crippen molar-refractivity contribution in [2.75, 3.05) is 26.4 Å². The van der Waals surface area contributed by atoms with Gasteiger partial charge in [0, 0.05) is 6.42 Å². The van der Waals surface area contributed by atoms with E-state index in [4.69, 9.17) is 28.4 Å². The first-order chi connectivity index (χ1) is 47.3. The van der Waals surface area contributed by atoms with Crippen LogP contribution in [-0.2, 0) is 33.2 Å². The van der Waals surface area contributed by atoms with Gasteiger partial charge in [0.1, 0.15) is 73.2 Å². The van der Waals surface area contributed by atoms with Crippen molar-refractivity contribution in [3.8, 4) is 0 Å². The number of carbonyl (C=O) groups excluding carboxylic acids is 1. The average Bonchev–Trinajstić information content (AvgIpc) is 0.790. The molecule has 17 atom stereocenters. The summed E-state index contributed by atoms with van der Waals surface area (Å²) in [6, 6.07) is -0.988. The van der Waals surface area contributed by atoms with Crippen LogP contribution >= 0.6 is 0 Å². The second-order valence-corrected chi connectivity index (χ2v) is 28.9. The van der Waals surface area contributed by atoms with Crippen LogP contribution in [0, 0.1) is 0 Å². The van der Waals surface area contributed by atoms with Crippen LogP contribution in [0.2, 0.25) is 0 Å². The number of aliphatic hydroxyl groups excluding tert-OH is 11. The number of carbonyl (C=O) groups is 1. The highest BCUT2D eigenvalue weighted by atomic mass is 16.8. The fourth-order valence-electron chi connectivity index (χ4n) is 13.8. The smallest absolute Gasteiger partial charge is 0.220 e. The van der Waals surface area contributed by atoms with Gasteiger partial charge in [-0.25, -0.2) is 0 Å². The zero-order valence-electron chi connectivity index (χ0n) is 61.1. The number of ether oxygens (including phenoxy) is 6. The van der Waals surface area contributed by atoms with Crippen LogP contribution in [0.1, 0.15) is 335 Å². The van der Waals surface area contributed by atoms with Crippen molar-refractivity contribution in [3.05, 3.63) is 24.3 Å². The molecule has 0 aromatic heterocycles. The lowest BCUT2D eigenvalue weighted by molar-refractivity contribution is -0.379. The first-order valence-electron chi connectivity index (χ1n) is 40.1. The monoisotopic (exact) mass is 1390 g/mol. The molecule has 19 nitrogen and oxygen atoms in total. The summed E-state index contributed by atoms with van der Waals surface area (Å²) in [5, 5.41) is 121. The van der Waals surface area contributed by atoms with Gasteiger partial charge in [0.05, 0.1) is 38.6 Å². The average molecular weight is 1390 g/mol. The van der Waals surface area contributed by atoms with Crippen molar-refractivity contribution < 1.29 is 89.4 Å². The van der Waals surface area contributed by atoms with Crippen molar-refractivity contribution in [2.24, 2.45) is 0 Å². The van der Waals surface area contributed by atoms with Crippen LogP contribution < -0.4 is 5.32 Å². The first kappa shape index (κ1) is 89.5. The van der Waals surface area contributed by atoms with E-state index >= 15 is 0 Å². The molecular formula is C78H147NO18. The summed E-state index contributed by atoms with van der Waals surface area (Å²) < 4.78 is 34.4. The van der Waals surface area contributed by atoms with Crippen LogP contribution in [-0.4, -0.2) is 193 Å². The van der Waals surface area contributed by atoms with Crippen molar-refractivity contribution in [1.29, 1.82) is 0 Å². The van der Waals surface area contributed by atoms with E-state index in [1.165, 1.54) is 263 Å². The van der Waals surface area contributed by atoms with Gasteiger partial charge in [-0.15, -0.1) is 0 Å². The molecule has 3 rings (SSSR count). The number of hydrogen-bond acceptors (Lipinski definition) is 18. The van der Waals surface area contributed by atoms with Crippen LogP contribution in [0.4, 0.5) is 0 Å². The molecule has 97 heavy (non-hydrogen) atoms. The number of unbranched alkanes of at least 4 members (excludes halogenated alkanes) is 46. The standard InChI is InChI=1S/C78H147NO18/c1-3-5-7-9-11-13-15-17-19-21-23-25-27-28-29-30-31-32-33-34-36-38-40-42-44-46-48-50-52-54-56-66(84)79-61(62(83)55-53-51-49-47-45-43-41-39-37-35-26-24-22-20-18-16-14-12-10-8-6-4-2)60-92-76-72(90)69(87)74(64(58-81)94-76)97-78-73(91)70(88)75(65(59-82)95-78)96-77-71(89)68(86)67(85)63(57-80)93-77/h45,47,53,55,61-65,67-78,80-83,85-91H,3-44,46,48-52,54,56-60H2,1-2H3,(H,79,84)/b47-45+,55-53+. The van der Waals surface area contributed by atoms with E-state index < -0.39 is 124 Å². The van der Waals surface area contributed by atoms with E-state index in [0.717, 1.165) is 38.5 Å². The van der Waals surface area contributed by atoms with Crippen LogP contribution in [0.15, 0.2) is 24.3 Å². The zero-order valence-corrected chi connectivity index (χ0v) is 61.1. The summed E-state index contributed by atoms with van der Waals surface area (Å²) in [6.07, 6.45) is 44.6. The molecule has 17 unspecified atom stereocenters. The molecule has 0 aromatic carbocycles. The van der Waals surface area contributed by atoms with E-state index in [1.807, 2.05) is 6.08 Å². The highest BCUT2D eigenvalue weighted by molar-refractivity contribution is 5.76. The third kappa shape index (κ3) is 40.2. The largest absolute Gasteiger partial charge is 0.394 e. The Morgan fingerprint density at radius 2 is 0.660 bits per heavy atom. The van der Waals surface area contributed by atoms with Gasteiger partial charge in [-0.2, -0.15) is 0 Å². The predicted octanol–water partition coefficient (Wildman–Crippen LogP) is 13.0. The number of hydrogen-bond donors (Lipinski definition) is 12. The van der Waals surface area contributed by atoms with Gasteiger partial charge in [0.2, 0.25) is 5.91 Å². The second-order valence-electron chi connectivity index (χ2n) is 28.9. The maximum absolute atomic E-state index is 13.5. The second kappa shape index (κ2) is 59.6. The topological polar surface area (TPSA) is 307 Å². The van der Waals surface area contributed by atoms with Crippen molar-refractivity contribution >= 4 is 5.91 Å². The molecule has 3 aliphatic rings. The maximum atomic E-state index is 13.5. The van der Waals surface area contributed by atoms with Crippen LogP contribution in [0.5, 0.6) is 0 Å². The Bertz CT molecular complexity index is 1850. The van der Waals surface area contributed by atoms with Crippen LogP contribution in [0.3, 0.4) is 0 Å². The van der Waals surface area contributed by atoms with Gasteiger partial charge < -0.3 is 89.9 Å². The lowest BCUT2D eigenvalue weighted by Gasteiger charge is -2.48. The zero-order chi connectivity index (χ0) is 70.4. The fourth-order valence-corrected chi connectivity index (χ4v) is 13.8. The molecule has 0 bridgehead atoms. The number of amides is 1. The molecular weight excluding hydrogens is 1240 g/mol. The van der Waals surface area contributed by atoms with Gasteiger partial charge in [-0.05, 0) is 32.1 Å². The predicted molar refractivity (Wildman–Crippen MR) is 383 cm³/mol. The van der Waals surface area contributed by atoms with E-state index in [2.05, 4.69) is 31.3 Å². The van der Waals surface area contributed by atoms with Crippen molar-refractivity contribution in [3.63, 3.8) is 0 Å². The van der Waals surface area contributed by atoms with E-state index in [1.54, 1.807) is 6.08 Å². The molecule has 3 saturated heterocycles. The molecule has 0 saturated carbocycles. The molecule has 0 radical (unpaired) electrons. The quantitative estimate of drug-likeness (QED) is 0.0199. The Labute approximate surface area is 588 Å². The lowest BCUT2D eigenvalue weighted by atomic mass is 9.96. The van der Waals surface area contributed by atoms with E-state index in [9.17, 15) is 61.0 Å². The van der Waals surface area contributed by atoms with Crippen molar-refractivity contribution in [1.82, 2.24) is 5.32 Å². The minimum Gasteiger partial charge on any atom is -0.394 e. The van der Waals surface area contributed by atoms with Gasteiger partial charge in [-0.3, -0.25) is 4.79 Å². The molecule has 0 aromatic rings. The third-order valence-electron chi connectivity index (χ3n) is 20.3. The number of rotatable bonds is 64. The Balaban J connectivity index is 1.38. The number of nitrogens with one attached hydrogen (secondary N) is 1. The van der Waals surface area contributed by atoms with Crippen LogP contribution in [0.25, 0.3) is 0 Å². The van der Waals surface area contributed by atoms with E-state index in [0.29, 0.717) is 12.8 Å². The highest BCUT2D eigenvalue weighted by Gasteiger charge is 2.54. The summed E-state index contributed by atoms with van der Waals surface area (Å²) in [5.74, 6) is -0.277. The Morgan fingerprint density at radius 1 is 0.361 bits per heavy atom. The Kier molecular flexibility index (Phi) is 55.0. The summed E-state index contributed by atoms with van der Waals surface area (Å²) >= 11 is 0. The Hall–Kier alpha value is -1.73. The molecule has 3 fully saturated rings. The minimum absolute atomic E-state index is 0.241. The SMILES string of the molecule is CCCCCCCCCCCCCCCCCC/C=C/CC/C=C/C(O)C(COC1OC(CO)C(OC2OC(CO)C(OC3OC(CO)C(O)C(O)C3O)C(O)C2O)C(O)C1O)NC(=O)CCCCCCCCCCCCCCCCCCCCCCCCCCCCCCCC. The summed E-state index contributed by atoms with van der Waals surface area (Å²) in [6.45, 7) is 1.78. The molecule has 3 heterocycles. The molecule has 0 spiro atoms. The van der Waals surface area contributed by atoms with E-state index in [-0.39, 0.29) is 18.9 Å². The molecule has 12 N–H and O–H groups in total. The first-order valence-corrected chi connectivity index (χ1v) is 40.1. The summed E-state index contributed by atoms with van der Waals surface area (Å²) in [5.41, 5.74) is 0. The molecule has 572 valence electrons. The molecule has 3 aliphatic heterocycles. The van der Waals surface area contributed by atoms with Gasteiger partial charge in [0.15, 0.2) is 18.9 Å².